The molecule has 32 heavy (non-hydrogen) atoms. The molecule has 4 aromatic rings. The Hall–Kier alpha value is -3.47. The van der Waals surface area contributed by atoms with Gasteiger partial charge in [-0.15, -0.1) is 6.42 Å². The van der Waals surface area contributed by atoms with Gasteiger partial charge in [0, 0.05) is 6.26 Å². The molecular formula is C25H20N2O3S2. The topological polar surface area (TPSA) is 68.5 Å². The Kier molecular flexibility index (Phi) is 6.08. The highest BCUT2D eigenvalue weighted by molar-refractivity contribution is 7.90. The maximum atomic E-state index is 13.5. The molecule has 1 aromatic heterocycles. The first-order chi connectivity index (χ1) is 15.4. The van der Waals surface area contributed by atoms with E-state index in [-0.39, 0.29) is 17.3 Å². The molecule has 0 aliphatic rings. The Morgan fingerprint density at radius 1 is 1.03 bits per heavy atom. The fraction of sp³-hybridized carbons (Fsp3) is 0.120. The normalized spacial score (nSPS) is 12.2. The molecule has 0 unspecified atom stereocenters. The van der Waals surface area contributed by atoms with Gasteiger partial charge in [-0.1, -0.05) is 77.9 Å². The minimum absolute atomic E-state index is 0.212. The number of terminal acetylenes is 1. The van der Waals surface area contributed by atoms with Gasteiger partial charge in [0.05, 0.1) is 27.6 Å². The molecule has 7 heteroatoms. The van der Waals surface area contributed by atoms with Crippen LogP contribution in [0.1, 0.15) is 17.0 Å². The van der Waals surface area contributed by atoms with E-state index in [0.29, 0.717) is 9.50 Å². The zero-order chi connectivity index (χ0) is 22.7. The molecule has 0 bridgehead atoms. The van der Waals surface area contributed by atoms with E-state index in [4.69, 9.17) is 6.42 Å². The lowest BCUT2D eigenvalue weighted by Gasteiger charge is -2.14. The monoisotopic (exact) mass is 460 g/mol. The van der Waals surface area contributed by atoms with E-state index < -0.39 is 15.8 Å². The van der Waals surface area contributed by atoms with Crippen molar-refractivity contribution in [3.8, 4) is 12.3 Å². The van der Waals surface area contributed by atoms with Gasteiger partial charge in [0.15, 0.2) is 14.6 Å². The molecule has 3 aromatic carbocycles. The number of thiazole rings is 1. The summed E-state index contributed by atoms with van der Waals surface area (Å²) in [6.07, 6.45) is 6.73. The van der Waals surface area contributed by atoms with Gasteiger partial charge < -0.3 is 4.57 Å². The second-order valence-electron chi connectivity index (χ2n) is 7.28. The quantitative estimate of drug-likeness (QED) is 0.423. The average molecular weight is 461 g/mol. The molecule has 0 fully saturated rings. The molecule has 5 nitrogen and oxygen atoms in total. The van der Waals surface area contributed by atoms with E-state index in [9.17, 15) is 13.2 Å². The number of rotatable bonds is 5. The van der Waals surface area contributed by atoms with Crippen LogP contribution in [0.3, 0.4) is 0 Å². The van der Waals surface area contributed by atoms with E-state index in [1.54, 1.807) is 22.8 Å². The molecule has 1 heterocycles. The molecule has 0 aliphatic carbocycles. The van der Waals surface area contributed by atoms with Crippen LogP contribution in [0.2, 0.25) is 0 Å². The molecule has 0 N–H and O–H groups in total. The largest absolute Gasteiger partial charge is 0.305 e. The van der Waals surface area contributed by atoms with E-state index in [1.165, 1.54) is 11.3 Å². The van der Waals surface area contributed by atoms with Crippen LogP contribution < -0.4 is 4.80 Å². The summed E-state index contributed by atoms with van der Waals surface area (Å²) in [4.78, 5) is 18.6. The van der Waals surface area contributed by atoms with Crippen molar-refractivity contribution in [2.24, 2.45) is 4.99 Å². The molecular weight excluding hydrogens is 440 g/mol. The third kappa shape index (κ3) is 4.42. The van der Waals surface area contributed by atoms with Crippen molar-refractivity contribution in [3.05, 3.63) is 94.8 Å². The number of carbonyl (C=O) groups is 1. The van der Waals surface area contributed by atoms with Gasteiger partial charge in [-0.2, -0.15) is 4.99 Å². The van der Waals surface area contributed by atoms with E-state index in [1.807, 2.05) is 60.7 Å². The highest BCUT2D eigenvalue weighted by Gasteiger charge is 2.23. The zero-order valence-electron chi connectivity index (χ0n) is 17.3. The number of fused-ring (bicyclic) bond motifs is 1. The molecule has 0 radical (unpaired) electrons. The average Bonchev–Trinajstić information content (AvgIpc) is 3.11. The minimum Gasteiger partial charge on any atom is -0.305 e. The Morgan fingerprint density at radius 2 is 1.62 bits per heavy atom. The standard InChI is InChI=1S/C25H20N2O3S2/c1-3-16-27-21-15-14-20(32(2,29)30)17-22(21)31-25(27)26-24(28)23(18-10-6-4-7-11-18)19-12-8-5-9-13-19/h1,4-15,17,23H,16H2,2H3. The second-order valence-corrected chi connectivity index (χ2v) is 10.3. The number of hydrogen-bond acceptors (Lipinski definition) is 4. The Bertz CT molecular complexity index is 1450. The van der Waals surface area contributed by atoms with E-state index in [0.717, 1.165) is 22.9 Å². The molecule has 160 valence electrons. The SMILES string of the molecule is C#CCn1c(=NC(=O)C(c2ccccc2)c2ccccc2)sc2cc(S(C)(=O)=O)ccc21. The van der Waals surface area contributed by atoms with Crippen molar-refractivity contribution in [3.63, 3.8) is 0 Å². The van der Waals surface area contributed by atoms with Crippen LogP contribution in [0, 0.1) is 12.3 Å². The van der Waals surface area contributed by atoms with Crippen molar-refractivity contribution in [2.75, 3.05) is 6.26 Å². The molecule has 0 saturated heterocycles. The number of aromatic nitrogens is 1. The van der Waals surface area contributed by atoms with E-state index in [2.05, 4.69) is 10.9 Å². The first-order valence-corrected chi connectivity index (χ1v) is 12.5. The number of nitrogens with zero attached hydrogens (tertiary/aromatic N) is 2. The smallest absolute Gasteiger partial charge is 0.260 e. The number of benzene rings is 3. The maximum absolute atomic E-state index is 13.5. The molecule has 1 amide bonds. The van der Waals surface area contributed by atoms with Crippen LogP contribution in [-0.2, 0) is 21.2 Å². The predicted molar refractivity (Wildman–Crippen MR) is 127 cm³/mol. The fourth-order valence-corrected chi connectivity index (χ4v) is 5.34. The third-order valence-electron chi connectivity index (χ3n) is 5.05. The molecule has 0 saturated carbocycles. The highest BCUT2D eigenvalue weighted by Crippen LogP contribution is 2.27. The number of sulfone groups is 1. The molecule has 4 rings (SSSR count). The van der Waals surface area contributed by atoms with Gasteiger partial charge in [-0.3, -0.25) is 4.79 Å². The Labute approximate surface area is 190 Å². The number of carbonyl (C=O) groups excluding carboxylic acids is 1. The summed E-state index contributed by atoms with van der Waals surface area (Å²) >= 11 is 1.25. The summed E-state index contributed by atoms with van der Waals surface area (Å²) < 4.78 is 26.4. The summed E-state index contributed by atoms with van der Waals surface area (Å²) in [6, 6.07) is 23.8. The molecule has 0 aliphatic heterocycles. The Morgan fingerprint density at radius 3 is 2.16 bits per heavy atom. The first-order valence-electron chi connectivity index (χ1n) is 9.84. The number of hydrogen-bond donors (Lipinski definition) is 0. The van der Waals surface area contributed by atoms with Crippen molar-refractivity contribution in [1.82, 2.24) is 4.57 Å². The fourth-order valence-electron chi connectivity index (χ4n) is 3.54. The van der Waals surface area contributed by atoms with Gasteiger partial charge in [0.1, 0.15) is 0 Å². The second kappa shape index (κ2) is 8.95. The van der Waals surface area contributed by atoms with Gasteiger partial charge >= 0.3 is 0 Å². The van der Waals surface area contributed by atoms with Crippen molar-refractivity contribution in [2.45, 2.75) is 17.4 Å². The summed E-state index contributed by atoms with van der Waals surface area (Å²) in [7, 11) is -3.36. The van der Waals surface area contributed by atoms with Crippen LogP contribution in [0.15, 0.2) is 88.8 Å². The summed E-state index contributed by atoms with van der Waals surface area (Å²) in [5.74, 6) is 1.72. The lowest BCUT2D eigenvalue weighted by atomic mass is 9.91. The molecule has 0 spiro atoms. The van der Waals surface area contributed by atoms with Gasteiger partial charge in [0.25, 0.3) is 5.91 Å². The van der Waals surface area contributed by atoms with Crippen molar-refractivity contribution >= 4 is 37.3 Å². The minimum atomic E-state index is -3.36. The first kappa shape index (κ1) is 21.8. The van der Waals surface area contributed by atoms with Gasteiger partial charge in [0.2, 0.25) is 0 Å². The van der Waals surface area contributed by atoms with Crippen LogP contribution in [-0.4, -0.2) is 25.1 Å². The van der Waals surface area contributed by atoms with Crippen LogP contribution in [0.5, 0.6) is 0 Å². The van der Waals surface area contributed by atoms with Crippen molar-refractivity contribution < 1.29 is 13.2 Å². The van der Waals surface area contributed by atoms with E-state index >= 15 is 0 Å². The summed E-state index contributed by atoms with van der Waals surface area (Å²) in [5, 5.41) is 0. The predicted octanol–water partition coefficient (Wildman–Crippen LogP) is 4.00. The lowest BCUT2D eigenvalue weighted by Crippen LogP contribution is -2.20. The van der Waals surface area contributed by atoms with Crippen LogP contribution in [0.4, 0.5) is 0 Å². The van der Waals surface area contributed by atoms with Crippen LogP contribution in [0.25, 0.3) is 10.2 Å². The third-order valence-corrected chi connectivity index (χ3v) is 7.20. The number of amides is 1. The van der Waals surface area contributed by atoms with Gasteiger partial charge in [-0.05, 0) is 29.3 Å². The van der Waals surface area contributed by atoms with Gasteiger partial charge in [-0.25, -0.2) is 8.42 Å². The molecule has 0 atom stereocenters. The van der Waals surface area contributed by atoms with Crippen molar-refractivity contribution in [1.29, 1.82) is 0 Å². The zero-order valence-corrected chi connectivity index (χ0v) is 18.9. The maximum Gasteiger partial charge on any atom is 0.260 e. The Balaban J connectivity index is 1.88. The highest BCUT2D eigenvalue weighted by atomic mass is 32.2. The summed E-state index contributed by atoms with van der Waals surface area (Å²) in [6.45, 7) is 0.214. The lowest BCUT2D eigenvalue weighted by molar-refractivity contribution is -0.118. The van der Waals surface area contributed by atoms with Crippen LogP contribution >= 0.6 is 11.3 Å². The summed E-state index contributed by atoms with van der Waals surface area (Å²) in [5.41, 5.74) is 2.43.